The smallest absolute Gasteiger partial charge is 0.323 e. The zero-order valence-electron chi connectivity index (χ0n) is 11.5. The molecule has 20 heavy (non-hydrogen) atoms. The van der Waals surface area contributed by atoms with E-state index in [9.17, 15) is 9.59 Å². The van der Waals surface area contributed by atoms with Gasteiger partial charge >= 0.3 is 5.97 Å². The van der Waals surface area contributed by atoms with E-state index in [0.29, 0.717) is 5.16 Å². The van der Waals surface area contributed by atoms with Crippen molar-refractivity contribution in [2.45, 2.75) is 43.9 Å². The third-order valence-corrected chi connectivity index (χ3v) is 3.98. The van der Waals surface area contributed by atoms with Crippen molar-refractivity contribution >= 4 is 23.6 Å². The highest BCUT2D eigenvalue weighted by molar-refractivity contribution is 7.99. The molecule has 1 fully saturated rings. The van der Waals surface area contributed by atoms with Crippen LogP contribution in [0.4, 0.5) is 0 Å². The van der Waals surface area contributed by atoms with E-state index in [4.69, 9.17) is 5.11 Å². The molecule has 0 atom stereocenters. The van der Waals surface area contributed by atoms with Crippen LogP contribution in [0.3, 0.4) is 0 Å². The van der Waals surface area contributed by atoms with Gasteiger partial charge in [0.05, 0.1) is 5.75 Å². The summed E-state index contributed by atoms with van der Waals surface area (Å²) in [6.07, 6.45) is 3.42. The van der Waals surface area contributed by atoms with E-state index in [0.717, 1.165) is 12.8 Å². The number of carbonyl (C=O) groups excluding carboxylic acids is 1. The van der Waals surface area contributed by atoms with Gasteiger partial charge in [-0.25, -0.2) is 0 Å². The minimum atomic E-state index is -0.972. The number of aromatic nitrogens is 3. The summed E-state index contributed by atoms with van der Waals surface area (Å²) in [6.45, 7) is 3.80. The summed E-state index contributed by atoms with van der Waals surface area (Å²) < 4.78 is 1.89. The Hall–Kier alpha value is -1.57. The number of carboxylic acids is 1. The molecule has 0 saturated heterocycles. The van der Waals surface area contributed by atoms with Gasteiger partial charge in [0, 0.05) is 12.1 Å². The molecule has 0 aromatic carbocycles. The molecule has 0 bridgehead atoms. The van der Waals surface area contributed by atoms with Crippen molar-refractivity contribution in [2.75, 3.05) is 12.3 Å². The number of nitrogens with zero attached hydrogens (tertiary/aromatic N) is 4. The van der Waals surface area contributed by atoms with Crippen LogP contribution >= 0.6 is 11.8 Å². The van der Waals surface area contributed by atoms with Crippen molar-refractivity contribution in [3.8, 4) is 0 Å². The number of aliphatic carboxylic acids is 1. The fraction of sp³-hybridized carbons (Fsp3) is 0.667. The van der Waals surface area contributed by atoms with Gasteiger partial charge in [0.1, 0.15) is 12.9 Å². The van der Waals surface area contributed by atoms with Gasteiger partial charge in [0.25, 0.3) is 0 Å². The molecule has 0 unspecified atom stereocenters. The molecule has 1 amide bonds. The monoisotopic (exact) mass is 298 g/mol. The average Bonchev–Trinajstić information content (AvgIpc) is 3.10. The minimum absolute atomic E-state index is 0.0992. The first-order valence-electron chi connectivity index (χ1n) is 6.52. The van der Waals surface area contributed by atoms with Crippen LogP contribution in [0, 0.1) is 0 Å². The second kappa shape index (κ2) is 6.25. The van der Waals surface area contributed by atoms with Crippen molar-refractivity contribution in [2.24, 2.45) is 0 Å². The Morgan fingerprint density at radius 3 is 2.80 bits per heavy atom. The minimum Gasteiger partial charge on any atom is -0.480 e. The molecule has 1 aliphatic rings. The zero-order chi connectivity index (χ0) is 14.7. The van der Waals surface area contributed by atoms with Crippen LogP contribution in [0.2, 0.25) is 0 Å². The molecule has 1 aromatic rings. The van der Waals surface area contributed by atoms with Gasteiger partial charge < -0.3 is 14.6 Å². The molecule has 0 aliphatic heterocycles. The molecular weight excluding hydrogens is 280 g/mol. The highest BCUT2D eigenvalue weighted by atomic mass is 32.2. The molecule has 0 spiro atoms. The van der Waals surface area contributed by atoms with Gasteiger partial charge in [-0.1, -0.05) is 11.8 Å². The summed E-state index contributed by atoms with van der Waals surface area (Å²) in [5.74, 6) is -0.936. The van der Waals surface area contributed by atoms with Gasteiger partial charge in [0.2, 0.25) is 5.91 Å². The summed E-state index contributed by atoms with van der Waals surface area (Å²) in [5.41, 5.74) is 0. The normalized spacial score (nSPS) is 14.6. The largest absolute Gasteiger partial charge is 0.480 e. The maximum Gasteiger partial charge on any atom is 0.323 e. The SMILES string of the molecule is CC(C)n1cnnc1SCC(=O)N(CC(=O)O)C1CC1. The van der Waals surface area contributed by atoms with Crippen LogP contribution in [0.1, 0.15) is 32.7 Å². The molecule has 1 aromatic heterocycles. The molecule has 1 N–H and O–H groups in total. The quantitative estimate of drug-likeness (QED) is 0.756. The van der Waals surface area contributed by atoms with Crippen LogP contribution in [0.25, 0.3) is 0 Å². The third kappa shape index (κ3) is 3.72. The maximum atomic E-state index is 12.1. The predicted octanol–water partition coefficient (Wildman–Crippen LogP) is 1.03. The molecule has 2 rings (SSSR count). The average molecular weight is 298 g/mol. The van der Waals surface area contributed by atoms with E-state index < -0.39 is 5.97 Å². The van der Waals surface area contributed by atoms with Crippen molar-refractivity contribution in [1.29, 1.82) is 0 Å². The Morgan fingerprint density at radius 2 is 2.25 bits per heavy atom. The predicted molar refractivity (Wildman–Crippen MR) is 73.5 cm³/mol. The number of hydrogen-bond donors (Lipinski definition) is 1. The first-order chi connectivity index (χ1) is 9.49. The van der Waals surface area contributed by atoms with Crippen LogP contribution in [-0.2, 0) is 9.59 Å². The van der Waals surface area contributed by atoms with E-state index in [-0.39, 0.29) is 30.3 Å². The van der Waals surface area contributed by atoms with Crippen molar-refractivity contribution in [1.82, 2.24) is 19.7 Å². The van der Waals surface area contributed by atoms with Gasteiger partial charge in [-0.2, -0.15) is 0 Å². The number of thioether (sulfide) groups is 1. The molecule has 1 heterocycles. The number of hydrogen-bond acceptors (Lipinski definition) is 5. The summed E-state index contributed by atoms with van der Waals surface area (Å²) in [4.78, 5) is 24.4. The Bertz CT molecular complexity index is 499. The number of carbonyl (C=O) groups is 2. The summed E-state index contributed by atoms with van der Waals surface area (Å²) in [6, 6.07) is 0.323. The Morgan fingerprint density at radius 1 is 1.55 bits per heavy atom. The Kier molecular flexibility index (Phi) is 4.64. The van der Waals surface area contributed by atoms with Crippen LogP contribution in [-0.4, -0.2) is 55.0 Å². The standard InChI is InChI=1S/C12H18N4O3S/c1-8(2)16-7-13-14-12(16)20-6-10(17)15(5-11(18)19)9-3-4-9/h7-9H,3-6H2,1-2H3,(H,18,19). The third-order valence-electron chi connectivity index (χ3n) is 3.03. The van der Waals surface area contributed by atoms with E-state index in [1.54, 1.807) is 6.33 Å². The molecule has 0 radical (unpaired) electrons. The van der Waals surface area contributed by atoms with E-state index in [2.05, 4.69) is 10.2 Å². The van der Waals surface area contributed by atoms with Gasteiger partial charge in [-0.3, -0.25) is 9.59 Å². The lowest BCUT2D eigenvalue weighted by atomic mass is 10.4. The molecule has 110 valence electrons. The van der Waals surface area contributed by atoms with Gasteiger partial charge in [0.15, 0.2) is 5.16 Å². The Labute approximate surface area is 121 Å². The first-order valence-corrected chi connectivity index (χ1v) is 7.51. The molecular formula is C12H18N4O3S. The topological polar surface area (TPSA) is 88.3 Å². The lowest BCUT2D eigenvalue weighted by molar-refractivity contribution is -0.143. The fourth-order valence-corrected chi connectivity index (χ4v) is 2.78. The highest BCUT2D eigenvalue weighted by Crippen LogP contribution is 2.28. The van der Waals surface area contributed by atoms with E-state index in [1.165, 1.54) is 16.7 Å². The number of rotatable bonds is 7. The van der Waals surface area contributed by atoms with Gasteiger partial charge in [-0.05, 0) is 26.7 Å². The van der Waals surface area contributed by atoms with Crippen LogP contribution < -0.4 is 0 Å². The molecule has 7 nitrogen and oxygen atoms in total. The van der Waals surface area contributed by atoms with Gasteiger partial charge in [-0.15, -0.1) is 10.2 Å². The number of amides is 1. The highest BCUT2D eigenvalue weighted by Gasteiger charge is 2.33. The fourth-order valence-electron chi connectivity index (χ4n) is 1.85. The maximum absolute atomic E-state index is 12.1. The lowest BCUT2D eigenvalue weighted by Gasteiger charge is -2.20. The second-order valence-electron chi connectivity index (χ2n) is 5.05. The zero-order valence-corrected chi connectivity index (χ0v) is 12.3. The van der Waals surface area contributed by atoms with Crippen molar-refractivity contribution < 1.29 is 14.7 Å². The van der Waals surface area contributed by atoms with Crippen LogP contribution in [0.15, 0.2) is 11.5 Å². The molecule has 8 heteroatoms. The second-order valence-corrected chi connectivity index (χ2v) is 5.99. The van der Waals surface area contributed by atoms with E-state index in [1.807, 2.05) is 18.4 Å². The van der Waals surface area contributed by atoms with Crippen molar-refractivity contribution in [3.63, 3.8) is 0 Å². The number of carboxylic acid groups (broad SMARTS) is 1. The summed E-state index contributed by atoms with van der Waals surface area (Å²) in [5, 5.41) is 17.3. The Balaban J connectivity index is 1.93. The molecule has 1 saturated carbocycles. The summed E-state index contributed by atoms with van der Waals surface area (Å²) in [7, 11) is 0. The summed E-state index contributed by atoms with van der Waals surface area (Å²) >= 11 is 1.30. The lowest BCUT2D eigenvalue weighted by Crippen LogP contribution is -2.38. The molecule has 1 aliphatic carbocycles. The van der Waals surface area contributed by atoms with Crippen molar-refractivity contribution in [3.05, 3.63) is 6.33 Å². The van der Waals surface area contributed by atoms with Crippen LogP contribution in [0.5, 0.6) is 0 Å². The van der Waals surface area contributed by atoms with E-state index >= 15 is 0 Å². The first kappa shape index (κ1) is 14.8.